The van der Waals surface area contributed by atoms with E-state index in [-0.39, 0.29) is 10.9 Å². The number of rotatable bonds is 3. The lowest BCUT2D eigenvalue weighted by molar-refractivity contribution is -0.140. The Labute approximate surface area is 137 Å². The van der Waals surface area contributed by atoms with Crippen LogP contribution in [0.1, 0.15) is 21.6 Å². The lowest BCUT2D eigenvalue weighted by Crippen LogP contribution is -2.12. The van der Waals surface area contributed by atoms with Crippen molar-refractivity contribution in [2.75, 3.05) is 7.11 Å². The third-order valence-corrected chi connectivity index (χ3v) is 3.71. The Kier molecular flexibility index (Phi) is 5.03. The molecular weight excluding hydrogens is 382 g/mol. The highest BCUT2D eigenvalue weighted by atomic mass is 79.9. The van der Waals surface area contributed by atoms with Crippen molar-refractivity contribution in [2.45, 2.75) is 11.5 Å². The zero-order valence-electron chi connectivity index (χ0n) is 11.7. The quantitative estimate of drug-likeness (QED) is 0.436. The van der Waals surface area contributed by atoms with Gasteiger partial charge >= 0.3 is 12.1 Å². The number of esters is 1. The first-order valence-corrected chi connectivity index (χ1v) is 7.41. The van der Waals surface area contributed by atoms with Crippen LogP contribution in [0, 0.1) is 5.82 Å². The van der Waals surface area contributed by atoms with E-state index in [0.717, 1.165) is 19.4 Å². The summed E-state index contributed by atoms with van der Waals surface area (Å²) in [6.45, 7) is 0. The summed E-state index contributed by atoms with van der Waals surface area (Å²) in [7, 11) is 1.06. The fourth-order valence-electron chi connectivity index (χ4n) is 2.06. The average molecular weight is 392 g/mol. The van der Waals surface area contributed by atoms with E-state index < -0.39 is 34.8 Å². The second-order valence-corrected chi connectivity index (χ2v) is 5.09. The number of nitrogens with zero attached hydrogens (tertiary/aromatic N) is 1. The molecule has 0 bridgehead atoms. The van der Waals surface area contributed by atoms with Crippen LogP contribution in [0.25, 0.3) is 11.1 Å². The molecule has 2 aromatic rings. The molecule has 0 radical (unpaired) electrons. The molecule has 0 aliphatic carbocycles. The molecule has 0 aliphatic heterocycles. The summed E-state index contributed by atoms with van der Waals surface area (Å²) >= 11 is 3.14. The van der Waals surface area contributed by atoms with E-state index in [4.69, 9.17) is 0 Å². The lowest BCUT2D eigenvalue weighted by Gasteiger charge is -2.14. The van der Waals surface area contributed by atoms with Crippen LogP contribution in [0.4, 0.5) is 17.6 Å². The van der Waals surface area contributed by atoms with E-state index >= 15 is 0 Å². The van der Waals surface area contributed by atoms with Crippen molar-refractivity contribution in [3.8, 4) is 11.1 Å². The zero-order chi connectivity index (χ0) is 17.2. The molecule has 0 unspecified atom stereocenters. The molecule has 0 amide bonds. The van der Waals surface area contributed by atoms with Gasteiger partial charge in [0, 0.05) is 22.7 Å². The van der Waals surface area contributed by atoms with Gasteiger partial charge in [-0.2, -0.15) is 13.2 Å². The summed E-state index contributed by atoms with van der Waals surface area (Å²) in [5.74, 6) is -2.05. The normalized spacial score (nSPS) is 11.4. The minimum atomic E-state index is -4.75. The van der Waals surface area contributed by atoms with Crippen LogP contribution in [-0.2, 0) is 16.2 Å². The Hall–Kier alpha value is -1.96. The van der Waals surface area contributed by atoms with Gasteiger partial charge < -0.3 is 4.74 Å². The summed E-state index contributed by atoms with van der Waals surface area (Å²) in [4.78, 5) is 15.0. The Morgan fingerprint density at radius 2 is 2.00 bits per heavy atom. The van der Waals surface area contributed by atoms with Gasteiger partial charge in [0.2, 0.25) is 0 Å². The van der Waals surface area contributed by atoms with Crippen molar-refractivity contribution in [1.82, 2.24) is 4.98 Å². The standard InChI is InChI=1S/C15H10BrF4NO2/c1-23-14(22)11-6-8(7-16)5-10(12(11)17)9-3-2-4-21-13(9)15(18,19)20/h2-6H,7H2,1H3. The molecule has 0 saturated heterocycles. The maximum absolute atomic E-state index is 14.6. The Balaban J connectivity index is 2.77. The average Bonchev–Trinajstić information content (AvgIpc) is 2.53. The molecule has 2 rings (SSSR count). The van der Waals surface area contributed by atoms with Gasteiger partial charge in [-0.1, -0.05) is 22.0 Å². The fraction of sp³-hybridized carbons (Fsp3) is 0.200. The number of pyridine rings is 1. The van der Waals surface area contributed by atoms with Gasteiger partial charge in [0.25, 0.3) is 0 Å². The van der Waals surface area contributed by atoms with Crippen LogP contribution in [-0.4, -0.2) is 18.1 Å². The number of carbonyl (C=O) groups excluding carboxylic acids is 1. The van der Waals surface area contributed by atoms with Gasteiger partial charge in [-0.15, -0.1) is 0 Å². The molecule has 23 heavy (non-hydrogen) atoms. The topological polar surface area (TPSA) is 39.2 Å². The second kappa shape index (κ2) is 6.66. The first-order chi connectivity index (χ1) is 10.8. The fourth-order valence-corrected chi connectivity index (χ4v) is 2.39. The molecule has 0 atom stereocenters. The SMILES string of the molecule is COC(=O)c1cc(CBr)cc(-c2cccnc2C(F)(F)F)c1F. The van der Waals surface area contributed by atoms with E-state index in [1.54, 1.807) is 0 Å². The number of hydrogen-bond acceptors (Lipinski definition) is 3. The first kappa shape index (κ1) is 17.4. The van der Waals surface area contributed by atoms with Gasteiger partial charge in [-0.25, -0.2) is 9.18 Å². The molecular formula is C15H10BrF4NO2. The van der Waals surface area contributed by atoms with Crippen LogP contribution < -0.4 is 0 Å². The number of hydrogen-bond donors (Lipinski definition) is 0. The molecule has 1 aromatic heterocycles. The van der Waals surface area contributed by atoms with Crippen LogP contribution in [0.15, 0.2) is 30.5 Å². The number of halogens is 5. The molecule has 0 saturated carbocycles. The van der Waals surface area contributed by atoms with Crippen LogP contribution in [0.5, 0.6) is 0 Å². The monoisotopic (exact) mass is 391 g/mol. The summed E-state index contributed by atoms with van der Waals surface area (Å²) in [6.07, 6.45) is -3.78. The molecule has 0 fully saturated rings. The van der Waals surface area contributed by atoms with E-state index in [1.165, 1.54) is 18.2 Å². The minimum Gasteiger partial charge on any atom is -0.465 e. The van der Waals surface area contributed by atoms with Gasteiger partial charge in [0.05, 0.1) is 12.7 Å². The third kappa shape index (κ3) is 3.52. The smallest absolute Gasteiger partial charge is 0.433 e. The van der Waals surface area contributed by atoms with Crippen molar-refractivity contribution in [1.29, 1.82) is 0 Å². The van der Waals surface area contributed by atoms with E-state index in [0.29, 0.717) is 5.56 Å². The Bertz CT molecular complexity index is 747. The van der Waals surface area contributed by atoms with Crippen LogP contribution >= 0.6 is 15.9 Å². The van der Waals surface area contributed by atoms with Crippen molar-refractivity contribution in [3.63, 3.8) is 0 Å². The number of ether oxygens (including phenoxy) is 1. The molecule has 0 aliphatic rings. The minimum absolute atomic E-state index is 0.228. The molecule has 0 N–H and O–H groups in total. The molecule has 1 heterocycles. The first-order valence-electron chi connectivity index (χ1n) is 6.29. The zero-order valence-corrected chi connectivity index (χ0v) is 13.3. The molecule has 3 nitrogen and oxygen atoms in total. The molecule has 1 aromatic carbocycles. The number of aromatic nitrogens is 1. The van der Waals surface area contributed by atoms with Crippen LogP contribution in [0.3, 0.4) is 0 Å². The van der Waals surface area contributed by atoms with Gasteiger partial charge in [0.15, 0.2) is 5.69 Å². The summed E-state index contributed by atoms with van der Waals surface area (Å²) < 4.78 is 58.3. The summed E-state index contributed by atoms with van der Waals surface area (Å²) in [6, 6.07) is 4.84. The number of methoxy groups -OCH3 is 1. The molecule has 8 heteroatoms. The van der Waals surface area contributed by atoms with E-state index in [2.05, 4.69) is 25.7 Å². The van der Waals surface area contributed by atoms with Crippen LogP contribution in [0.2, 0.25) is 0 Å². The number of benzene rings is 1. The highest BCUT2D eigenvalue weighted by Crippen LogP contribution is 2.37. The molecule has 122 valence electrons. The molecule has 0 spiro atoms. The van der Waals surface area contributed by atoms with Crippen molar-refractivity contribution in [3.05, 3.63) is 53.1 Å². The van der Waals surface area contributed by atoms with Gasteiger partial charge in [-0.3, -0.25) is 4.98 Å². The third-order valence-electron chi connectivity index (χ3n) is 3.06. The largest absolute Gasteiger partial charge is 0.465 e. The predicted octanol–water partition coefficient (Wildman–Crippen LogP) is 4.59. The van der Waals surface area contributed by atoms with E-state index in [1.807, 2.05) is 0 Å². The lowest BCUT2D eigenvalue weighted by atomic mass is 9.97. The summed E-state index contributed by atoms with van der Waals surface area (Å²) in [5, 5.41) is 0.228. The van der Waals surface area contributed by atoms with Crippen molar-refractivity contribution in [2.24, 2.45) is 0 Å². The Morgan fingerprint density at radius 3 is 2.57 bits per heavy atom. The van der Waals surface area contributed by atoms with Gasteiger partial charge in [-0.05, 0) is 23.8 Å². The second-order valence-electron chi connectivity index (χ2n) is 4.53. The highest BCUT2D eigenvalue weighted by molar-refractivity contribution is 9.08. The maximum Gasteiger partial charge on any atom is 0.433 e. The van der Waals surface area contributed by atoms with Gasteiger partial charge in [0.1, 0.15) is 5.82 Å². The predicted molar refractivity (Wildman–Crippen MR) is 78.6 cm³/mol. The van der Waals surface area contributed by atoms with Crippen molar-refractivity contribution < 1.29 is 27.1 Å². The summed E-state index contributed by atoms with van der Waals surface area (Å²) in [5.41, 5.74) is -2.02. The maximum atomic E-state index is 14.6. The number of alkyl halides is 4. The van der Waals surface area contributed by atoms with E-state index in [9.17, 15) is 22.4 Å². The highest BCUT2D eigenvalue weighted by Gasteiger charge is 2.36. The Morgan fingerprint density at radius 1 is 1.30 bits per heavy atom. The van der Waals surface area contributed by atoms with Crippen molar-refractivity contribution >= 4 is 21.9 Å². The number of carbonyl (C=O) groups is 1.